The molecule has 0 amide bonds. The molecule has 1 heterocycles. The molecule has 1 saturated carbocycles. The maximum atomic E-state index is 4.19. The number of nitrogens with zero attached hydrogens (tertiary/aromatic N) is 3. The van der Waals surface area contributed by atoms with Gasteiger partial charge >= 0.3 is 0 Å². The molecule has 0 aliphatic heterocycles. The minimum absolute atomic E-state index is 0.611. The van der Waals surface area contributed by atoms with Crippen LogP contribution in [0.4, 0.5) is 5.69 Å². The van der Waals surface area contributed by atoms with Crippen LogP contribution in [-0.2, 0) is 7.05 Å². The van der Waals surface area contributed by atoms with Crippen molar-refractivity contribution in [3.8, 4) is 11.4 Å². The van der Waals surface area contributed by atoms with Crippen LogP contribution in [0.5, 0.6) is 0 Å². The van der Waals surface area contributed by atoms with Gasteiger partial charge in [-0.3, -0.25) is 0 Å². The third-order valence-electron chi connectivity index (χ3n) is 4.31. The molecule has 0 radical (unpaired) electrons. The van der Waals surface area contributed by atoms with E-state index >= 15 is 0 Å². The molecule has 1 fully saturated rings. The Hall–Kier alpha value is -1.84. The Kier molecular flexibility index (Phi) is 4.53. The van der Waals surface area contributed by atoms with Crippen molar-refractivity contribution in [3.63, 3.8) is 0 Å². The molecule has 4 nitrogen and oxygen atoms in total. The van der Waals surface area contributed by atoms with Crippen molar-refractivity contribution >= 4 is 5.69 Å². The number of hydrogen-bond acceptors (Lipinski definition) is 3. The number of aromatic nitrogens is 3. The molecule has 0 unspecified atom stereocenters. The first-order valence-electron chi connectivity index (χ1n) is 8.04. The standard InChI is InChI=1S/C17H24N4/c1-21-13-18-20-17(21)14-8-7-11-16(12-14)19-15-9-5-3-2-4-6-10-15/h7-8,11-13,15,19H,2-6,9-10H2,1H3. The number of hydrogen-bond donors (Lipinski definition) is 1. The molecule has 0 atom stereocenters. The maximum Gasteiger partial charge on any atom is 0.163 e. The first kappa shape index (κ1) is 14.1. The van der Waals surface area contributed by atoms with E-state index in [4.69, 9.17) is 0 Å². The second-order valence-corrected chi connectivity index (χ2v) is 6.03. The van der Waals surface area contributed by atoms with Gasteiger partial charge in [0.2, 0.25) is 0 Å². The van der Waals surface area contributed by atoms with E-state index in [2.05, 4.69) is 39.8 Å². The monoisotopic (exact) mass is 284 g/mol. The summed E-state index contributed by atoms with van der Waals surface area (Å²) in [7, 11) is 1.98. The SMILES string of the molecule is Cn1cnnc1-c1cccc(NC2CCCCCCC2)c1. The molecule has 0 spiro atoms. The Morgan fingerprint density at radius 1 is 1.10 bits per heavy atom. The van der Waals surface area contributed by atoms with Crippen LogP contribution in [0.1, 0.15) is 44.9 Å². The van der Waals surface area contributed by atoms with Crippen LogP contribution in [0.2, 0.25) is 0 Å². The molecule has 1 aromatic heterocycles. The quantitative estimate of drug-likeness (QED) is 0.926. The van der Waals surface area contributed by atoms with Crippen LogP contribution in [0.15, 0.2) is 30.6 Å². The van der Waals surface area contributed by atoms with Gasteiger partial charge in [-0.05, 0) is 25.0 Å². The lowest BCUT2D eigenvalue weighted by atomic mass is 9.96. The van der Waals surface area contributed by atoms with Crippen LogP contribution in [-0.4, -0.2) is 20.8 Å². The first-order chi connectivity index (χ1) is 10.3. The van der Waals surface area contributed by atoms with Gasteiger partial charge < -0.3 is 9.88 Å². The maximum absolute atomic E-state index is 4.19. The molecule has 21 heavy (non-hydrogen) atoms. The largest absolute Gasteiger partial charge is 0.382 e. The Balaban J connectivity index is 1.72. The molecule has 1 N–H and O–H groups in total. The number of rotatable bonds is 3. The van der Waals surface area contributed by atoms with E-state index in [-0.39, 0.29) is 0 Å². The van der Waals surface area contributed by atoms with Gasteiger partial charge in [-0.2, -0.15) is 0 Å². The van der Waals surface area contributed by atoms with Crippen molar-refractivity contribution in [1.82, 2.24) is 14.8 Å². The summed E-state index contributed by atoms with van der Waals surface area (Å²) in [6.07, 6.45) is 11.2. The van der Waals surface area contributed by atoms with Gasteiger partial charge in [0, 0.05) is 24.3 Å². The number of nitrogens with one attached hydrogen (secondary N) is 1. The van der Waals surface area contributed by atoms with Gasteiger partial charge in [-0.1, -0.05) is 44.2 Å². The second kappa shape index (κ2) is 6.74. The van der Waals surface area contributed by atoms with Crippen LogP contribution < -0.4 is 5.32 Å². The van der Waals surface area contributed by atoms with Crippen molar-refractivity contribution in [3.05, 3.63) is 30.6 Å². The summed E-state index contributed by atoms with van der Waals surface area (Å²) < 4.78 is 1.95. The molecular formula is C17H24N4. The van der Waals surface area contributed by atoms with E-state index in [0.717, 1.165) is 11.4 Å². The Bertz CT molecular complexity index is 568. The highest BCUT2D eigenvalue weighted by Gasteiger charge is 2.12. The van der Waals surface area contributed by atoms with Crippen molar-refractivity contribution in [2.24, 2.45) is 7.05 Å². The van der Waals surface area contributed by atoms with Crippen LogP contribution >= 0.6 is 0 Å². The van der Waals surface area contributed by atoms with Crippen LogP contribution in [0.3, 0.4) is 0 Å². The van der Waals surface area contributed by atoms with Gasteiger partial charge in [0.1, 0.15) is 6.33 Å². The lowest BCUT2D eigenvalue weighted by molar-refractivity contribution is 0.471. The summed E-state index contributed by atoms with van der Waals surface area (Å²) in [5.74, 6) is 0.913. The smallest absolute Gasteiger partial charge is 0.163 e. The average Bonchev–Trinajstić information content (AvgIpc) is 2.88. The number of anilines is 1. The van der Waals surface area contributed by atoms with E-state index in [1.807, 2.05) is 11.6 Å². The summed E-state index contributed by atoms with van der Waals surface area (Å²) in [6, 6.07) is 9.13. The highest BCUT2D eigenvalue weighted by Crippen LogP contribution is 2.24. The topological polar surface area (TPSA) is 42.7 Å². The van der Waals surface area contributed by atoms with Crippen molar-refractivity contribution in [2.75, 3.05) is 5.32 Å². The molecule has 1 aliphatic carbocycles. The highest BCUT2D eigenvalue weighted by atomic mass is 15.2. The molecule has 2 aromatic rings. The minimum atomic E-state index is 0.611. The zero-order valence-corrected chi connectivity index (χ0v) is 12.8. The summed E-state index contributed by atoms with van der Waals surface area (Å²) in [5, 5.41) is 11.9. The van der Waals surface area contributed by atoms with E-state index < -0.39 is 0 Å². The summed E-state index contributed by atoms with van der Waals surface area (Å²) in [4.78, 5) is 0. The van der Waals surface area contributed by atoms with Gasteiger partial charge in [0.05, 0.1) is 0 Å². The summed E-state index contributed by atoms with van der Waals surface area (Å²) >= 11 is 0. The fourth-order valence-electron chi connectivity index (χ4n) is 3.13. The Morgan fingerprint density at radius 2 is 1.86 bits per heavy atom. The average molecular weight is 284 g/mol. The first-order valence-corrected chi connectivity index (χ1v) is 8.04. The zero-order valence-electron chi connectivity index (χ0n) is 12.8. The zero-order chi connectivity index (χ0) is 14.5. The van der Waals surface area contributed by atoms with E-state index in [1.165, 1.54) is 50.6 Å². The fraction of sp³-hybridized carbons (Fsp3) is 0.529. The lowest BCUT2D eigenvalue weighted by Gasteiger charge is -2.22. The van der Waals surface area contributed by atoms with Crippen LogP contribution in [0.25, 0.3) is 11.4 Å². The van der Waals surface area contributed by atoms with Gasteiger partial charge in [-0.15, -0.1) is 10.2 Å². The third-order valence-corrected chi connectivity index (χ3v) is 4.31. The molecule has 112 valence electrons. The predicted octanol–water partition coefficient (Wildman–Crippen LogP) is 4.01. The second-order valence-electron chi connectivity index (χ2n) is 6.03. The summed E-state index contributed by atoms with van der Waals surface area (Å²) in [6.45, 7) is 0. The Labute approximate surface area is 126 Å². The predicted molar refractivity (Wildman–Crippen MR) is 86.2 cm³/mol. The molecule has 0 saturated heterocycles. The molecule has 1 aromatic carbocycles. The minimum Gasteiger partial charge on any atom is -0.382 e. The fourth-order valence-corrected chi connectivity index (χ4v) is 3.13. The molecule has 3 rings (SSSR count). The van der Waals surface area contributed by atoms with Gasteiger partial charge in [0.15, 0.2) is 5.82 Å². The van der Waals surface area contributed by atoms with E-state index in [0.29, 0.717) is 6.04 Å². The number of benzene rings is 1. The molecular weight excluding hydrogens is 260 g/mol. The van der Waals surface area contributed by atoms with Crippen molar-refractivity contribution in [2.45, 2.75) is 51.0 Å². The van der Waals surface area contributed by atoms with Crippen molar-refractivity contribution < 1.29 is 0 Å². The van der Waals surface area contributed by atoms with Crippen molar-refractivity contribution in [1.29, 1.82) is 0 Å². The normalized spacial score (nSPS) is 17.2. The highest BCUT2D eigenvalue weighted by molar-refractivity contribution is 5.62. The van der Waals surface area contributed by atoms with Gasteiger partial charge in [0.25, 0.3) is 0 Å². The third kappa shape index (κ3) is 3.63. The van der Waals surface area contributed by atoms with E-state index in [1.54, 1.807) is 6.33 Å². The summed E-state index contributed by atoms with van der Waals surface area (Å²) in [5.41, 5.74) is 2.31. The Morgan fingerprint density at radius 3 is 2.57 bits per heavy atom. The molecule has 0 bridgehead atoms. The molecule has 4 heteroatoms. The number of aryl methyl sites for hydroxylation is 1. The van der Waals surface area contributed by atoms with Gasteiger partial charge in [-0.25, -0.2) is 0 Å². The lowest BCUT2D eigenvalue weighted by Crippen LogP contribution is -2.20. The molecule has 1 aliphatic rings. The van der Waals surface area contributed by atoms with E-state index in [9.17, 15) is 0 Å². The van der Waals surface area contributed by atoms with Crippen LogP contribution in [0, 0.1) is 0 Å².